The number of sulfonamides is 1. The van der Waals surface area contributed by atoms with Gasteiger partial charge in [-0.2, -0.15) is 4.31 Å². The van der Waals surface area contributed by atoms with Crippen molar-refractivity contribution in [3.63, 3.8) is 0 Å². The fourth-order valence-corrected chi connectivity index (χ4v) is 6.52. The standard InChI is InChI=1S/C22H26N2O2S/c25-27(26,22-8-7-18-3-1-2-4-19(18)15-22)24-11-9-23(10-12-24)16-21-14-17-5-6-20(21)13-17/h1-8,15,17,20-21H,9-14,16H2/t17-,20-,21+/m0/s1. The second kappa shape index (κ2) is 6.73. The molecule has 0 N–H and O–H groups in total. The van der Waals surface area contributed by atoms with E-state index >= 15 is 0 Å². The Morgan fingerprint density at radius 2 is 1.67 bits per heavy atom. The minimum atomic E-state index is -3.42. The molecule has 0 spiro atoms. The summed E-state index contributed by atoms with van der Waals surface area (Å²) in [7, 11) is -3.42. The first kappa shape index (κ1) is 17.4. The molecule has 2 aromatic rings. The Kier molecular flexibility index (Phi) is 4.34. The van der Waals surface area contributed by atoms with Crippen LogP contribution in [-0.2, 0) is 10.0 Å². The van der Waals surface area contributed by atoms with E-state index in [0.29, 0.717) is 18.0 Å². The summed E-state index contributed by atoms with van der Waals surface area (Å²) in [5.74, 6) is 2.33. The highest BCUT2D eigenvalue weighted by atomic mass is 32.2. The molecule has 0 aromatic heterocycles. The van der Waals surface area contributed by atoms with Crippen LogP contribution in [0.2, 0.25) is 0 Å². The molecule has 0 radical (unpaired) electrons. The van der Waals surface area contributed by atoms with Gasteiger partial charge in [0.15, 0.2) is 0 Å². The van der Waals surface area contributed by atoms with E-state index in [1.165, 1.54) is 12.8 Å². The van der Waals surface area contributed by atoms with Gasteiger partial charge >= 0.3 is 0 Å². The lowest BCUT2D eigenvalue weighted by Gasteiger charge is -2.36. The van der Waals surface area contributed by atoms with Crippen LogP contribution in [0.1, 0.15) is 12.8 Å². The molecule has 5 heteroatoms. The number of nitrogens with zero attached hydrogens (tertiary/aromatic N) is 2. The second-order valence-corrected chi connectivity index (χ2v) is 10.2. The fraction of sp³-hybridized carbons (Fsp3) is 0.455. The molecule has 2 aromatic carbocycles. The van der Waals surface area contributed by atoms with Gasteiger partial charge in [-0.1, -0.05) is 42.5 Å². The van der Waals surface area contributed by atoms with Gasteiger partial charge in [-0.05, 0) is 53.5 Å². The maximum atomic E-state index is 13.1. The third-order valence-electron chi connectivity index (χ3n) is 6.60. The zero-order valence-electron chi connectivity index (χ0n) is 15.5. The van der Waals surface area contributed by atoms with Gasteiger partial charge in [0.05, 0.1) is 4.90 Å². The van der Waals surface area contributed by atoms with E-state index < -0.39 is 10.0 Å². The van der Waals surface area contributed by atoms with Crippen molar-refractivity contribution in [2.45, 2.75) is 17.7 Å². The summed E-state index contributed by atoms with van der Waals surface area (Å²) >= 11 is 0. The normalized spacial score (nSPS) is 29.0. The number of benzene rings is 2. The molecule has 142 valence electrons. The summed E-state index contributed by atoms with van der Waals surface area (Å²) in [6.45, 7) is 3.97. The summed E-state index contributed by atoms with van der Waals surface area (Å²) in [4.78, 5) is 2.87. The number of rotatable bonds is 4. The zero-order valence-corrected chi connectivity index (χ0v) is 16.3. The van der Waals surface area contributed by atoms with Gasteiger partial charge in [-0.3, -0.25) is 0 Å². The van der Waals surface area contributed by atoms with Gasteiger partial charge < -0.3 is 4.90 Å². The molecule has 2 fully saturated rings. The molecule has 1 heterocycles. The molecule has 5 rings (SSSR count). The molecule has 1 aliphatic heterocycles. The van der Waals surface area contributed by atoms with Crippen molar-refractivity contribution < 1.29 is 8.42 Å². The number of fused-ring (bicyclic) bond motifs is 3. The van der Waals surface area contributed by atoms with E-state index in [1.807, 2.05) is 30.3 Å². The maximum Gasteiger partial charge on any atom is 0.243 e. The fourth-order valence-electron chi connectivity index (χ4n) is 5.07. The van der Waals surface area contributed by atoms with E-state index in [4.69, 9.17) is 0 Å². The van der Waals surface area contributed by atoms with E-state index in [2.05, 4.69) is 17.1 Å². The van der Waals surface area contributed by atoms with Crippen LogP contribution in [-0.4, -0.2) is 50.3 Å². The van der Waals surface area contributed by atoms with Crippen molar-refractivity contribution in [3.05, 3.63) is 54.6 Å². The van der Waals surface area contributed by atoms with Crippen LogP contribution < -0.4 is 0 Å². The van der Waals surface area contributed by atoms with Gasteiger partial charge in [0.2, 0.25) is 10.0 Å². The minimum absolute atomic E-state index is 0.410. The average Bonchev–Trinajstić information content (AvgIpc) is 3.31. The highest BCUT2D eigenvalue weighted by Gasteiger charge is 2.37. The van der Waals surface area contributed by atoms with Crippen LogP contribution in [0.15, 0.2) is 59.5 Å². The monoisotopic (exact) mass is 382 g/mol. The lowest BCUT2D eigenvalue weighted by Crippen LogP contribution is -2.49. The first-order chi connectivity index (χ1) is 13.1. The third-order valence-corrected chi connectivity index (χ3v) is 8.49. The molecular formula is C22H26N2O2S. The van der Waals surface area contributed by atoms with Gasteiger partial charge in [0.1, 0.15) is 0 Å². The molecule has 2 aliphatic carbocycles. The summed E-state index contributed by atoms with van der Waals surface area (Å²) in [6, 6.07) is 13.3. The second-order valence-electron chi connectivity index (χ2n) is 8.25. The van der Waals surface area contributed by atoms with Crippen molar-refractivity contribution >= 4 is 20.8 Å². The van der Waals surface area contributed by atoms with Crippen LogP contribution in [0.3, 0.4) is 0 Å². The van der Waals surface area contributed by atoms with Gasteiger partial charge in [0, 0.05) is 32.7 Å². The highest BCUT2D eigenvalue weighted by Crippen LogP contribution is 2.43. The van der Waals surface area contributed by atoms with Crippen molar-refractivity contribution in [2.24, 2.45) is 17.8 Å². The summed E-state index contributed by atoms with van der Waals surface area (Å²) < 4.78 is 27.8. The number of hydrogen-bond donors (Lipinski definition) is 0. The number of allylic oxidation sites excluding steroid dienone is 2. The first-order valence-electron chi connectivity index (χ1n) is 9.99. The minimum Gasteiger partial charge on any atom is -0.300 e. The quantitative estimate of drug-likeness (QED) is 0.762. The molecular weight excluding hydrogens is 356 g/mol. The Labute approximate surface area is 161 Å². The van der Waals surface area contributed by atoms with Crippen LogP contribution in [0.25, 0.3) is 10.8 Å². The summed E-state index contributed by atoms with van der Waals surface area (Å²) in [5.41, 5.74) is 0. The Bertz CT molecular complexity index is 977. The molecule has 0 amide bonds. The number of hydrogen-bond acceptors (Lipinski definition) is 3. The van der Waals surface area contributed by atoms with Crippen molar-refractivity contribution in [3.8, 4) is 0 Å². The van der Waals surface area contributed by atoms with Crippen molar-refractivity contribution in [1.29, 1.82) is 0 Å². The smallest absolute Gasteiger partial charge is 0.243 e. The predicted molar refractivity (Wildman–Crippen MR) is 108 cm³/mol. The average molecular weight is 383 g/mol. The van der Waals surface area contributed by atoms with E-state index in [1.54, 1.807) is 16.4 Å². The SMILES string of the molecule is O=S(=O)(c1ccc2ccccc2c1)N1CCN(C[C@H]2C[C@H]3C=C[C@H]2C3)CC1. The summed E-state index contributed by atoms with van der Waals surface area (Å²) in [6.07, 6.45) is 7.44. The largest absolute Gasteiger partial charge is 0.300 e. The van der Waals surface area contributed by atoms with Gasteiger partial charge in [-0.25, -0.2) is 8.42 Å². The van der Waals surface area contributed by atoms with Crippen molar-refractivity contribution in [1.82, 2.24) is 9.21 Å². The Hall–Kier alpha value is -1.69. The Morgan fingerprint density at radius 3 is 2.37 bits per heavy atom. The molecule has 27 heavy (non-hydrogen) atoms. The topological polar surface area (TPSA) is 40.6 Å². The van der Waals surface area contributed by atoms with Gasteiger partial charge in [-0.15, -0.1) is 0 Å². The molecule has 1 saturated heterocycles. The zero-order chi connectivity index (χ0) is 18.4. The van der Waals surface area contributed by atoms with Crippen LogP contribution in [0.4, 0.5) is 0 Å². The Balaban J connectivity index is 1.25. The number of piperazine rings is 1. The molecule has 3 aliphatic rings. The van der Waals surface area contributed by atoms with Crippen LogP contribution >= 0.6 is 0 Å². The van der Waals surface area contributed by atoms with Crippen molar-refractivity contribution in [2.75, 3.05) is 32.7 Å². The lowest BCUT2D eigenvalue weighted by atomic mass is 9.93. The molecule has 3 atom stereocenters. The maximum absolute atomic E-state index is 13.1. The Morgan fingerprint density at radius 1 is 0.889 bits per heavy atom. The predicted octanol–water partition coefficient (Wildman–Crippen LogP) is 3.36. The highest BCUT2D eigenvalue weighted by molar-refractivity contribution is 7.89. The first-order valence-corrected chi connectivity index (χ1v) is 11.4. The summed E-state index contributed by atoms with van der Waals surface area (Å²) in [5, 5.41) is 2.04. The van der Waals surface area contributed by atoms with E-state index in [9.17, 15) is 8.42 Å². The van der Waals surface area contributed by atoms with E-state index in [0.717, 1.165) is 48.2 Å². The molecule has 1 saturated carbocycles. The molecule has 0 unspecified atom stereocenters. The van der Waals surface area contributed by atoms with E-state index in [-0.39, 0.29) is 0 Å². The van der Waals surface area contributed by atoms with Crippen LogP contribution in [0.5, 0.6) is 0 Å². The van der Waals surface area contributed by atoms with Crippen LogP contribution in [0, 0.1) is 17.8 Å². The molecule has 2 bridgehead atoms. The lowest BCUT2D eigenvalue weighted by molar-refractivity contribution is 0.156. The third kappa shape index (κ3) is 3.22. The van der Waals surface area contributed by atoms with Gasteiger partial charge in [0.25, 0.3) is 0 Å². The molecule has 4 nitrogen and oxygen atoms in total.